The topological polar surface area (TPSA) is 40.6 Å². The molecular formula is C16H28N2O2. The first-order chi connectivity index (χ1) is 9.74. The lowest BCUT2D eigenvalue weighted by molar-refractivity contribution is -0.135. The normalized spacial score (nSPS) is 22.6. The highest BCUT2D eigenvalue weighted by molar-refractivity contribution is 5.78. The summed E-state index contributed by atoms with van der Waals surface area (Å²) in [4.78, 5) is 27.6. The van der Waals surface area contributed by atoms with Crippen molar-refractivity contribution < 1.29 is 9.59 Å². The second kappa shape index (κ2) is 7.77. The number of likely N-dealkylation sites (tertiary alicyclic amines) is 1. The summed E-state index contributed by atoms with van der Waals surface area (Å²) in [5.41, 5.74) is 0. The van der Waals surface area contributed by atoms with E-state index >= 15 is 0 Å². The van der Waals surface area contributed by atoms with E-state index in [1.54, 1.807) is 0 Å². The van der Waals surface area contributed by atoms with Crippen molar-refractivity contribution in [2.24, 2.45) is 5.92 Å². The molecule has 0 radical (unpaired) electrons. The molecule has 4 heteroatoms. The van der Waals surface area contributed by atoms with Gasteiger partial charge in [0, 0.05) is 18.5 Å². The highest BCUT2D eigenvalue weighted by Gasteiger charge is 2.26. The summed E-state index contributed by atoms with van der Waals surface area (Å²) < 4.78 is 0. The van der Waals surface area contributed by atoms with E-state index in [-0.39, 0.29) is 11.8 Å². The summed E-state index contributed by atoms with van der Waals surface area (Å²) in [7, 11) is 0. The van der Waals surface area contributed by atoms with Gasteiger partial charge in [-0.1, -0.05) is 19.3 Å². The summed E-state index contributed by atoms with van der Waals surface area (Å²) in [6, 6.07) is 0.466. The average Bonchev–Trinajstić information content (AvgIpc) is 2.50. The van der Waals surface area contributed by atoms with Crippen LogP contribution in [0.5, 0.6) is 0 Å². The summed E-state index contributed by atoms with van der Waals surface area (Å²) >= 11 is 0. The van der Waals surface area contributed by atoms with Gasteiger partial charge in [-0.25, -0.2) is 0 Å². The zero-order valence-corrected chi connectivity index (χ0v) is 12.7. The Balaban J connectivity index is 1.81. The molecule has 1 aliphatic carbocycles. The second-order valence-corrected chi connectivity index (χ2v) is 6.22. The molecule has 2 rings (SSSR count). The zero-order valence-electron chi connectivity index (χ0n) is 12.7. The van der Waals surface area contributed by atoms with Crippen LogP contribution >= 0.6 is 0 Å². The van der Waals surface area contributed by atoms with E-state index < -0.39 is 0 Å². The fourth-order valence-electron chi connectivity index (χ4n) is 3.56. The Kier molecular flexibility index (Phi) is 6.02. The van der Waals surface area contributed by atoms with Gasteiger partial charge in [0.2, 0.25) is 5.91 Å². The molecule has 0 atom stereocenters. The molecule has 2 fully saturated rings. The van der Waals surface area contributed by atoms with Crippen molar-refractivity contribution in [3.8, 4) is 0 Å². The minimum absolute atomic E-state index is 0.210. The molecule has 0 unspecified atom stereocenters. The number of hydrogen-bond acceptors (Lipinski definition) is 3. The quantitative estimate of drug-likeness (QED) is 0.724. The first kappa shape index (κ1) is 15.5. The van der Waals surface area contributed by atoms with Crippen molar-refractivity contribution in [1.29, 1.82) is 0 Å². The lowest BCUT2D eigenvalue weighted by Crippen LogP contribution is -2.47. The Labute approximate surface area is 122 Å². The summed E-state index contributed by atoms with van der Waals surface area (Å²) in [6.45, 7) is 5.23. The first-order valence-electron chi connectivity index (χ1n) is 8.21. The molecule has 2 aliphatic rings. The van der Waals surface area contributed by atoms with E-state index in [0.29, 0.717) is 12.6 Å². The molecule has 0 N–H and O–H groups in total. The van der Waals surface area contributed by atoms with E-state index in [4.69, 9.17) is 0 Å². The van der Waals surface area contributed by atoms with Gasteiger partial charge in [0.1, 0.15) is 6.29 Å². The minimum atomic E-state index is 0.210. The van der Waals surface area contributed by atoms with Crippen LogP contribution < -0.4 is 0 Å². The van der Waals surface area contributed by atoms with Crippen LogP contribution in [0.1, 0.15) is 51.9 Å². The number of hydrogen-bond donors (Lipinski definition) is 0. The molecule has 1 saturated heterocycles. The fourth-order valence-corrected chi connectivity index (χ4v) is 3.56. The molecular weight excluding hydrogens is 252 g/mol. The number of aldehydes is 1. The van der Waals surface area contributed by atoms with Crippen LogP contribution in [0, 0.1) is 5.92 Å². The standard InChI is InChI=1S/C16H28N2O2/c1-2-18(15-6-4-3-5-7-15)16(20)12-17-10-8-14(13-19)9-11-17/h13-15H,2-12H2,1H3. The molecule has 0 aromatic carbocycles. The maximum Gasteiger partial charge on any atom is 0.236 e. The second-order valence-electron chi connectivity index (χ2n) is 6.22. The first-order valence-corrected chi connectivity index (χ1v) is 8.21. The molecule has 0 aromatic rings. The van der Waals surface area contributed by atoms with Crippen LogP contribution in [0.15, 0.2) is 0 Å². The van der Waals surface area contributed by atoms with Crippen molar-refractivity contribution in [3.63, 3.8) is 0 Å². The lowest BCUT2D eigenvalue weighted by atomic mass is 9.94. The lowest BCUT2D eigenvalue weighted by Gasteiger charge is -2.36. The van der Waals surface area contributed by atoms with Gasteiger partial charge < -0.3 is 9.69 Å². The Morgan fingerprint density at radius 1 is 1.15 bits per heavy atom. The highest BCUT2D eigenvalue weighted by Crippen LogP contribution is 2.23. The van der Waals surface area contributed by atoms with Crippen molar-refractivity contribution in [2.45, 2.75) is 57.9 Å². The Morgan fingerprint density at radius 2 is 1.80 bits per heavy atom. The molecule has 0 aromatic heterocycles. The number of amides is 1. The Hall–Kier alpha value is -0.900. The SMILES string of the molecule is CCN(C(=O)CN1CCC(C=O)CC1)C1CCCCC1. The van der Waals surface area contributed by atoms with E-state index in [0.717, 1.165) is 38.8 Å². The molecule has 1 saturated carbocycles. The maximum absolute atomic E-state index is 12.5. The van der Waals surface area contributed by atoms with Crippen LogP contribution in [-0.4, -0.2) is 54.2 Å². The van der Waals surface area contributed by atoms with Crippen LogP contribution in [0.3, 0.4) is 0 Å². The Bertz CT molecular complexity index is 318. The number of piperidine rings is 1. The smallest absolute Gasteiger partial charge is 0.236 e. The number of likely N-dealkylation sites (N-methyl/N-ethyl adjacent to an activating group) is 1. The summed E-state index contributed by atoms with van der Waals surface area (Å²) in [5, 5.41) is 0. The number of carbonyl (C=O) groups excluding carboxylic acids is 2. The monoisotopic (exact) mass is 280 g/mol. The van der Waals surface area contributed by atoms with Crippen LogP contribution in [0.2, 0.25) is 0 Å². The Morgan fingerprint density at radius 3 is 2.35 bits per heavy atom. The van der Waals surface area contributed by atoms with Crippen molar-refractivity contribution in [1.82, 2.24) is 9.80 Å². The van der Waals surface area contributed by atoms with Crippen LogP contribution in [0.25, 0.3) is 0 Å². The van der Waals surface area contributed by atoms with Gasteiger partial charge in [0.05, 0.1) is 6.54 Å². The predicted octanol–water partition coefficient (Wildman–Crippen LogP) is 2.08. The van der Waals surface area contributed by atoms with Gasteiger partial charge in [-0.05, 0) is 45.7 Å². The molecule has 1 aliphatic heterocycles. The van der Waals surface area contributed by atoms with Gasteiger partial charge in [-0.2, -0.15) is 0 Å². The minimum Gasteiger partial charge on any atom is -0.339 e. The maximum atomic E-state index is 12.5. The molecule has 20 heavy (non-hydrogen) atoms. The third kappa shape index (κ3) is 4.05. The molecule has 1 amide bonds. The van der Waals surface area contributed by atoms with Crippen LogP contribution in [0.4, 0.5) is 0 Å². The summed E-state index contributed by atoms with van der Waals surface area (Å²) in [6.07, 6.45) is 9.08. The van der Waals surface area contributed by atoms with Gasteiger partial charge in [-0.3, -0.25) is 9.69 Å². The molecule has 0 bridgehead atoms. The number of rotatable bonds is 5. The third-order valence-corrected chi connectivity index (χ3v) is 4.86. The zero-order chi connectivity index (χ0) is 14.4. The van der Waals surface area contributed by atoms with E-state index in [2.05, 4.69) is 16.7 Å². The van der Waals surface area contributed by atoms with Gasteiger partial charge >= 0.3 is 0 Å². The van der Waals surface area contributed by atoms with Gasteiger partial charge in [0.15, 0.2) is 0 Å². The van der Waals surface area contributed by atoms with Gasteiger partial charge in [0.25, 0.3) is 0 Å². The molecule has 0 spiro atoms. The van der Waals surface area contributed by atoms with E-state index in [9.17, 15) is 9.59 Å². The van der Waals surface area contributed by atoms with Crippen molar-refractivity contribution in [3.05, 3.63) is 0 Å². The van der Waals surface area contributed by atoms with Crippen LogP contribution in [-0.2, 0) is 9.59 Å². The van der Waals surface area contributed by atoms with E-state index in [1.165, 1.54) is 32.1 Å². The largest absolute Gasteiger partial charge is 0.339 e. The molecule has 1 heterocycles. The summed E-state index contributed by atoms with van der Waals surface area (Å²) in [5.74, 6) is 0.492. The third-order valence-electron chi connectivity index (χ3n) is 4.86. The van der Waals surface area contributed by atoms with Crippen molar-refractivity contribution in [2.75, 3.05) is 26.2 Å². The van der Waals surface area contributed by atoms with E-state index in [1.807, 2.05) is 0 Å². The fraction of sp³-hybridized carbons (Fsp3) is 0.875. The highest BCUT2D eigenvalue weighted by atomic mass is 16.2. The van der Waals surface area contributed by atoms with Gasteiger partial charge in [-0.15, -0.1) is 0 Å². The molecule has 4 nitrogen and oxygen atoms in total. The van der Waals surface area contributed by atoms with Crippen molar-refractivity contribution >= 4 is 12.2 Å². The average molecular weight is 280 g/mol. The predicted molar refractivity (Wildman–Crippen MR) is 79.5 cm³/mol. The molecule has 114 valence electrons. The number of nitrogens with zero attached hydrogens (tertiary/aromatic N) is 2. The number of carbonyl (C=O) groups is 2.